The number of ether oxygens (including phenoxy) is 4. The van der Waals surface area contributed by atoms with Crippen LogP contribution in [0.2, 0.25) is 0 Å². The van der Waals surface area contributed by atoms with Gasteiger partial charge < -0.3 is 29.4 Å². The number of anilines is 1. The van der Waals surface area contributed by atoms with Crippen LogP contribution in [0.15, 0.2) is 61.2 Å². The van der Waals surface area contributed by atoms with Crippen molar-refractivity contribution in [1.82, 2.24) is 19.5 Å². The van der Waals surface area contributed by atoms with E-state index in [9.17, 15) is 24.8 Å². The first-order chi connectivity index (χ1) is 22.4. The van der Waals surface area contributed by atoms with Gasteiger partial charge in [0.2, 0.25) is 0 Å². The highest BCUT2D eigenvalue weighted by Crippen LogP contribution is 2.34. The van der Waals surface area contributed by atoms with Crippen LogP contribution in [0.1, 0.15) is 57.4 Å². The van der Waals surface area contributed by atoms with Crippen LogP contribution >= 0.6 is 0 Å². The Kier molecular flexibility index (Phi) is 9.96. The minimum atomic E-state index is -1.00. The average Bonchev–Trinajstić information content (AvgIpc) is 3.67. The Morgan fingerprint density at radius 1 is 1.15 bits per heavy atom. The minimum absolute atomic E-state index is 0.00372. The quantitative estimate of drug-likeness (QED) is 0.130. The van der Waals surface area contributed by atoms with Gasteiger partial charge in [-0.05, 0) is 23.1 Å². The molecule has 1 saturated heterocycles. The fourth-order valence-corrected chi connectivity index (χ4v) is 5.19. The van der Waals surface area contributed by atoms with E-state index in [2.05, 4.69) is 41.0 Å². The van der Waals surface area contributed by atoms with Crippen molar-refractivity contribution in [3.8, 4) is 5.75 Å². The predicted molar refractivity (Wildman–Crippen MR) is 168 cm³/mol. The molecule has 15 nitrogen and oxygen atoms in total. The number of benzene rings is 2. The van der Waals surface area contributed by atoms with E-state index >= 15 is 0 Å². The lowest BCUT2D eigenvalue weighted by Gasteiger charge is -2.19. The molecule has 15 heteroatoms. The smallest absolute Gasteiger partial charge is 0.484 e. The lowest BCUT2D eigenvalue weighted by molar-refractivity contribution is -0.385. The first-order valence-corrected chi connectivity index (χ1v) is 15.0. The van der Waals surface area contributed by atoms with Crippen molar-refractivity contribution in [1.29, 1.82) is 0 Å². The Hall–Kier alpha value is -5.15. The van der Waals surface area contributed by atoms with Gasteiger partial charge in [0.15, 0.2) is 23.6 Å². The summed E-state index contributed by atoms with van der Waals surface area (Å²) >= 11 is 0. The molecule has 47 heavy (non-hydrogen) atoms. The number of hydrogen-bond donors (Lipinski definition) is 2. The van der Waals surface area contributed by atoms with E-state index in [0.29, 0.717) is 22.5 Å². The lowest BCUT2D eigenvalue weighted by Crippen LogP contribution is -2.30. The zero-order valence-corrected chi connectivity index (χ0v) is 26.4. The van der Waals surface area contributed by atoms with Gasteiger partial charge in [-0.1, -0.05) is 58.0 Å². The van der Waals surface area contributed by atoms with Gasteiger partial charge in [-0.3, -0.25) is 19.5 Å². The summed E-state index contributed by atoms with van der Waals surface area (Å²) in [6.45, 7) is 7.19. The van der Waals surface area contributed by atoms with E-state index in [1.165, 1.54) is 18.7 Å². The Morgan fingerprint density at radius 3 is 2.60 bits per heavy atom. The molecule has 2 N–H and O–H groups in total. The number of aliphatic hydroxyl groups excluding tert-OH is 1. The molecule has 2 aromatic heterocycles. The second kappa shape index (κ2) is 14.1. The van der Waals surface area contributed by atoms with Crippen molar-refractivity contribution in [2.45, 2.75) is 63.9 Å². The van der Waals surface area contributed by atoms with Crippen LogP contribution in [0.5, 0.6) is 5.75 Å². The van der Waals surface area contributed by atoms with Crippen LogP contribution in [0.4, 0.5) is 16.3 Å². The first kappa shape index (κ1) is 33.2. The zero-order valence-electron chi connectivity index (χ0n) is 26.4. The predicted octanol–water partition coefficient (Wildman–Crippen LogP) is 4.65. The van der Waals surface area contributed by atoms with Crippen LogP contribution in [-0.2, 0) is 24.4 Å². The summed E-state index contributed by atoms with van der Waals surface area (Å²) in [5.74, 6) is -0.188. The molecule has 0 spiro atoms. The summed E-state index contributed by atoms with van der Waals surface area (Å²) in [7, 11) is 0. The molecule has 0 bridgehead atoms. The van der Waals surface area contributed by atoms with E-state index in [4.69, 9.17) is 18.9 Å². The molecule has 1 unspecified atom stereocenters. The molecule has 3 heterocycles. The minimum Gasteiger partial charge on any atom is -0.484 e. The molecule has 1 amide bonds. The number of amides is 1. The van der Waals surface area contributed by atoms with Crippen molar-refractivity contribution in [2.75, 3.05) is 25.1 Å². The number of carbonyl (C=O) groups excluding carboxylic acids is 2. The van der Waals surface area contributed by atoms with E-state index in [-0.39, 0.29) is 36.6 Å². The average molecular weight is 649 g/mol. The van der Waals surface area contributed by atoms with Crippen LogP contribution in [-0.4, -0.2) is 73.6 Å². The number of aromatic nitrogens is 4. The number of hydrogen-bond acceptors (Lipinski definition) is 12. The van der Waals surface area contributed by atoms with Crippen LogP contribution < -0.4 is 10.1 Å². The molecule has 1 fully saturated rings. The second-order valence-corrected chi connectivity index (χ2v) is 12.1. The van der Waals surface area contributed by atoms with Gasteiger partial charge in [-0.25, -0.2) is 19.7 Å². The van der Waals surface area contributed by atoms with Crippen molar-refractivity contribution < 1.29 is 38.6 Å². The molecule has 5 rings (SSSR count). The molecule has 4 aromatic rings. The number of para-hydroxylation sites is 1. The van der Waals surface area contributed by atoms with E-state index in [1.54, 1.807) is 29.7 Å². The summed E-state index contributed by atoms with van der Waals surface area (Å²) in [6.07, 6.45) is -0.600. The number of nitrogens with one attached hydrogen (secondary N) is 1. The summed E-state index contributed by atoms with van der Waals surface area (Å²) in [6, 6.07) is 13.8. The number of nitro benzene ring substituents is 1. The van der Waals surface area contributed by atoms with Gasteiger partial charge in [0.25, 0.3) is 11.6 Å². The number of imidazole rings is 1. The third kappa shape index (κ3) is 7.81. The maximum absolute atomic E-state index is 12.7. The van der Waals surface area contributed by atoms with Gasteiger partial charge in [0.05, 0.1) is 17.9 Å². The molecule has 248 valence electrons. The standard InChI is InChI=1S/C32H36N6O9/c1-19(22-7-5-6-8-23(22)38(42)43)15-45-31(41)47-24-13-27(46-25(24)14-39)37-18-35-28-29(33-17-34-30(28)37)36-26(40)16-44-21-11-9-20(10-12-21)32(2,3)4/h5-12,17-19,24-25,27,39H,13-16H2,1-4H3,(H,33,34,36,40)/t19?,24-,25+,27+/m0/s1. The third-order valence-electron chi connectivity index (χ3n) is 7.74. The summed E-state index contributed by atoms with van der Waals surface area (Å²) in [4.78, 5) is 48.9. The van der Waals surface area contributed by atoms with E-state index < -0.39 is 47.9 Å². The Labute approximate surface area is 270 Å². The Balaban J connectivity index is 1.18. The van der Waals surface area contributed by atoms with Crippen LogP contribution in [0, 0.1) is 10.1 Å². The monoisotopic (exact) mass is 648 g/mol. The number of nitro groups is 1. The van der Waals surface area contributed by atoms with Crippen LogP contribution in [0.25, 0.3) is 11.2 Å². The maximum atomic E-state index is 12.7. The molecule has 0 saturated carbocycles. The van der Waals surface area contributed by atoms with Crippen molar-refractivity contribution in [3.63, 3.8) is 0 Å². The van der Waals surface area contributed by atoms with Crippen LogP contribution in [0.3, 0.4) is 0 Å². The van der Waals surface area contributed by atoms with E-state index in [1.807, 2.05) is 24.3 Å². The SMILES string of the molecule is CC(COC(=O)O[C@H]1C[C@H](n2cnc3c(NC(=O)COc4ccc(C(C)(C)C)cc4)ncnc32)O[C@@H]1CO)c1ccccc1[N+](=O)[O-]. The maximum Gasteiger partial charge on any atom is 0.508 e. The summed E-state index contributed by atoms with van der Waals surface area (Å²) in [5, 5.41) is 24.0. The topological polar surface area (TPSA) is 190 Å². The number of aliphatic hydroxyl groups is 1. The molecule has 2 aromatic carbocycles. The molecule has 0 aliphatic carbocycles. The molecular formula is C32H36N6O9. The third-order valence-corrected chi connectivity index (χ3v) is 7.74. The molecular weight excluding hydrogens is 612 g/mol. The van der Waals surface area contributed by atoms with Gasteiger partial charge in [0.1, 0.15) is 37.1 Å². The number of fused-ring (bicyclic) bond motifs is 1. The molecule has 4 atom stereocenters. The van der Waals surface area contributed by atoms with Crippen molar-refractivity contribution >= 4 is 34.7 Å². The molecule has 1 aliphatic rings. The van der Waals surface area contributed by atoms with E-state index in [0.717, 1.165) is 5.56 Å². The summed E-state index contributed by atoms with van der Waals surface area (Å²) in [5.41, 5.74) is 2.14. The fraction of sp³-hybridized carbons (Fsp3) is 0.406. The lowest BCUT2D eigenvalue weighted by atomic mass is 9.87. The fourth-order valence-electron chi connectivity index (χ4n) is 5.19. The summed E-state index contributed by atoms with van der Waals surface area (Å²) < 4.78 is 23.9. The first-order valence-electron chi connectivity index (χ1n) is 15.0. The normalized spacial score (nSPS) is 18.4. The number of rotatable bonds is 11. The Bertz CT molecular complexity index is 1740. The van der Waals surface area contributed by atoms with Gasteiger partial charge >= 0.3 is 6.16 Å². The highest BCUT2D eigenvalue weighted by atomic mass is 16.7. The van der Waals surface area contributed by atoms with Gasteiger partial charge in [0, 0.05) is 24.0 Å². The Morgan fingerprint density at radius 2 is 1.89 bits per heavy atom. The second-order valence-electron chi connectivity index (χ2n) is 12.1. The number of nitrogens with zero attached hydrogens (tertiary/aromatic N) is 5. The van der Waals surface area contributed by atoms with Gasteiger partial charge in [-0.2, -0.15) is 0 Å². The highest BCUT2D eigenvalue weighted by molar-refractivity contribution is 5.97. The van der Waals surface area contributed by atoms with Crippen molar-refractivity contribution in [2.24, 2.45) is 0 Å². The number of carbonyl (C=O) groups is 2. The highest BCUT2D eigenvalue weighted by Gasteiger charge is 2.40. The molecule has 1 aliphatic heterocycles. The van der Waals surface area contributed by atoms with Gasteiger partial charge in [-0.15, -0.1) is 0 Å². The van der Waals surface area contributed by atoms with Crippen molar-refractivity contribution in [3.05, 3.63) is 82.4 Å². The zero-order chi connectivity index (χ0) is 33.7. The largest absolute Gasteiger partial charge is 0.508 e. The molecule has 0 radical (unpaired) electrons.